The number of carbonyl (C=O) groups excluding carboxylic acids is 2. The largest absolute Gasteiger partial charge is 0.393 e. The predicted octanol–water partition coefficient (Wildman–Crippen LogP) is 1.25. The summed E-state index contributed by atoms with van der Waals surface area (Å²) in [6, 6.07) is 0. The fourth-order valence-electron chi connectivity index (χ4n) is 6.86. The standard InChI is InChI=1S/C20H28O5/c1-9(21)15-13-8-14(23)17-12(16(13)19(25)18(15)24)4-3-10-7-11(22)5-6-20(10,17)2/h7,12-19,23-25H,3-6,8H2,1-2H3/t12-,13?,14-,15+,16-,17+,18-,19+,20-/m0/s1. The minimum absolute atomic E-state index is 0.0191. The second-order valence-corrected chi connectivity index (χ2v) is 8.94. The summed E-state index contributed by atoms with van der Waals surface area (Å²) in [4.78, 5) is 23.9. The van der Waals surface area contributed by atoms with Crippen molar-refractivity contribution in [3.8, 4) is 0 Å². The van der Waals surface area contributed by atoms with Gasteiger partial charge in [-0.15, -0.1) is 0 Å². The lowest BCUT2D eigenvalue weighted by Gasteiger charge is -2.57. The lowest BCUT2D eigenvalue weighted by atomic mass is 9.48. The first-order valence-corrected chi connectivity index (χ1v) is 9.54. The number of ketones is 2. The Balaban J connectivity index is 1.73. The molecule has 0 aromatic carbocycles. The minimum atomic E-state index is -1.03. The molecule has 138 valence electrons. The van der Waals surface area contributed by atoms with Crippen LogP contribution in [0.4, 0.5) is 0 Å². The summed E-state index contributed by atoms with van der Waals surface area (Å²) < 4.78 is 0. The van der Waals surface area contributed by atoms with Crippen molar-refractivity contribution < 1.29 is 24.9 Å². The van der Waals surface area contributed by atoms with Gasteiger partial charge in [0.1, 0.15) is 5.78 Å². The molecule has 4 aliphatic rings. The van der Waals surface area contributed by atoms with Crippen molar-refractivity contribution in [2.45, 2.75) is 64.3 Å². The van der Waals surface area contributed by atoms with Crippen LogP contribution in [0.3, 0.4) is 0 Å². The summed E-state index contributed by atoms with van der Waals surface area (Å²) in [6.45, 7) is 3.61. The summed E-state index contributed by atoms with van der Waals surface area (Å²) in [7, 11) is 0. The summed E-state index contributed by atoms with van der Waals surface area (Å²) in [5.41, 5.74) is 0.916. The fraction of sp³-hybridized carbons (Fsp3) is 0.800. The summed E-state index contributed by atoms with van der Waals surface area (Å²) in [5, 5.41) is 32.2. The maximum Gasteiger partial charge on any atom is 0.155 e. The van der Waals surface area contributed by atoms with Crippen LogP contribution in [0.2, 0.25) is 0 Å². The van der Waals surface area contributed by atoms with Crippen LogP contribution in [0.5, 0.6) is 0 Å². The highest BCUT2D eigenvalue weighted by atomic mass is 16.3. The van der Waals surface area contributed by atoms with Crippen molar-refractivity contribution in [3.63, 3.8) is 0 Å². The molecule has 3 fully saturated rings. The minimum Gasteiger partial charge on any atom is -0.393 e. The first-order chi connectivity index (χ1) is 11.8. The summed E-state index contributed by atoms with van der Waals surface area (Å²) in [5.74, 6) is -0.746. The van der Waals surface area contributed by atoms with E-state index in [4.69, 9.17) is 0 Å². The van der Waals surface area contributed by atoms with E-state index in [1.165, 1.54) is 6.92 Å². The highest BCUT2D eigenvalue weighted by Gasteiger charge is 2.63. The maximum atomic E-state index is 12.1. The Morgan fingerprint density at radius 1 is 1.16 bits per heavy atom. The molecule has 0 heterocycles. The molecule has 25 heavy (non-hydrogen) atoms. The van der Waals surface area contributed by atoms with Gasteiger partial charge in [0.25, 0.3) is 0 Å². The molecule has 0 aliphatic heterocycles. The van der Waals surface area contributed by atoms with Crippen LogP contribution >= 0.6 is 0 Å². The predicted molar refractivity (Wildman–Crippen MR) is 90.4 cm³/mol. The number of rotatable bonds is 1. The Hall–Kier alpha value is -1.04. The van der Waals surface area contributed by atoms with E-state index in [-0.39, 0.29) is 40.7 Å². The Kier molecular flexibility index (Phi) is 3.98. The number of fused-ring (bicyclic) bond motifs is 5. The van der Waals surface area contributed by atoms with Gasteiger partial charge in [-0.2, -0.15) is 0 Å². The molecule has 4 rings (SSSR count). The highest BCUT2D eigenvalue weighted by Crippen LogP contribution is 2.62. The van der Waals surface area contributed by atoms with Crippen LogP contribution < -0.4 is 0 Å². The van der Waals surface area contributed by atoms with E-state index in [0.717, 1.165) is 24.8 Å². The Labute approximate surface area is 148 Å². The molecule has 3 N–H and O–H groups in total. The van der Waals surface area contributed by atoms with Gasteiger partial charge in [-0.05, 0) is 67.8 Å². The molecule has 0 amide bonds. The van der Waals surface area contributed by atoms with Crippen molar-refractivity contribution in [2.24, 2.45) is 35.0 Å². The zero-order valence-electron chi connectivity index (χ0n) is 14.9. The van der Waals surface area contributed by atoms with Crippen LogP contribution in [0.15, 0.2) is 11.6 Å². The molecule has 5 heteroatoms. The fourth-order valence-corrected chi connectivity index (χ4v) is 6.86. The number of carbonyl (C=O) groups is 2. The zero-order valence-corrected chi connectivity index (χ0v) is 14.9. The van der Waals surface area contributed by atoms with Gasteiger partial charge in [-0.1, -0.05) is 12.5 Å². The smallest absolute Gasteiger partial charge is 0.155 e. The van der Waals surface area contributed by atoms with Crippen molar-refractivity contribution >= 4 is 11.6 Å². The maximum absolute atomic E-state index is 12.1. The van der Waals surface area contributed by atoms with Crippen molar-refractivity contribution in [2.75, 3.05) is 0 Å². The number of aliphatic hydroxyl groups excluding tert-OH is 3. The van der Waals surface area contributed by atoms with Gasteiger partial charge in [0.2, 0.25) is 0 Å². The van der Waals surface area contributed by atoms with Gasteiger partial charge in [0.15, 0.2) is 5.78 Å². The van der Waals surface area contributed by atoms with E-state index in [1.807, 2.05) is 0 Å². The van der Waals surface area contributed by atoms with Crippen LogP contribution in [0.1, 0.15) is 46.0 Å². The van der Waals surface area contributed by atoms with E-state index in [9.17, 15) is 24.9 Å². The van der Waals surface area contributed by atoms with Gasteiger partial charge in [0.05, 0.1) is 18.3 Å². The van der Waals surface area contributed by atoms with Crippen LogP contribution in [-0.4, -0.2) is 45.2 Å². The molecule has 5 nitrogen and oxygen atoms in total. The average Bonchev–Trinajstić information content (AvgIpc) is 2.79. The van der Waals surface area contributed by atoms with E-state index in [1.54, 1.807) is 6.08 Å². The number of hydrogen-bond donors (Lipinski definition) is 3. The van der Waals surface area contributed by atoms with Crippen molar-refractivity contribution in [1.82, 2.24) is 0 Å². The molecular weight excluding hydrogens is 320 g/mol. The van der Waals surface area contributed by atoms with Crippen molar-refractivity contribution in [1.29, 1.82) is 0 Å². The summed E-state index contributed by atoms with van der Waals surface area (Å²) in [6.07, 6.45) is 2.56. The SMILES string of the molecule is CC(=O)[C@@H]1C2C[C@H](O)[C@H]3[C@@H](CCC4=CC(=O)CC[C@@]43C)[C@@H]2[C@@H](O)[C@H]1O. The molecular formula is C20H28O5. The van der Waals surface area contributed by atoms with Crippen LogP contribution in [0.25, 0.3) is 0 Å². The highest BCUT2D eigenvalue weighted by molar-refractivity contribution is 5.91. The van der Waals surface area contributed by atoms with Gasteiger partial charge in [-0.3, -0.25) is 9.59 Å². The van der Waals surface area contributed by atoms with Gasteiger partial charge < -0.3 is 15.3 Å². The Morgan fingerprint density at radius 2 is 1.88 bits per heavy atom. The van der Waals surface area contributed by atoms with E-state index < -0.39 is 24.2 Å². The number of allylic oxidation sites excluding steroid dienone is 1. The van der Waals surface area contributed by atoms with Gasteiger partial charge >= 0.3 is 0 Å². The second kappa shape index (κ2) is 5.73. The average molecular weight is 348 g/mol. The zero-order chi connectivity index (χ0) is 18.1. The lowest BCUT2D eigenvalue weighted by molar-refractivity contribution is -0.132. The molecule has 0 spiro atoms. The first kappa shape index (κ1) is 17.4. The molecule has 4 aliphatic carbocycles. The third-order valence-corrected chi connectivity index (χ3v) is 7.86. The van der Waals surface area contributed by atoms with Crippen molar-refractivity contribution in [3.05, 3.63) is 11.6 Å². The van der Waals surface area contributed by atoms with Gasteiger partial charge in [0, 0.05) is 12.3 Å². The van der Waals surface area contributed by atoms with Gasteiger partial charge in [-0.25, -0.2) is 0 Å². The van der Waals surface area contributed by atoms with E-state index >= 15 is 0 Å². The van der Waals surface area contributed by atoms with Crippen LogP contribution in [-0.2, 0) is 9.59 Å². The molecule has 9 atom stereocenters. The third kappa shape index (κ3) is 2.32. The Bertz CT molecular complexity index is 640. The molecule has 0 aromatic heterocycles. The van der Waals surface area contributed by atoms with Crippen LogP contribution in [0, 0.1) is 35.0 Å². The lowest BCUT2D eigenvalue weighted by Crippen LogP contribution is -2.55. The molecule has 3 saturated carbocycles. The topological polar surface area (TPSA) is 94.8 Å². The molecule has 0 bridgehead atoms. The Morgan fingerprint density at radius 3 is 2.56 bits per heavy atom. The molecule has 0 radical (unpaired) electrons. The first-order valence-electron chi connectivity index (χ1n) is 9.54. The molecule has 0 aromatic rings. The second-order valence-electron chi connectivity index (χ2n) is 8.94. The molecule has 0 saturated heterocycles. The van der Waals surface area contributed by atoms with E-state index in [2.05, 4.69) is 6.92 Å². The third-order valence-electron chi connectivity index (χ3n) is 7.86. The quantitative estimate of drug-likeness (QED) is 0.663. The van der Waals surface area contributed by atoms with E-state index in [0.29, 0.717) is 12.8 Å². The number of hydrogen-bond acceptors (Lipinski definition) is 5. The molecule has 1 unspecified atom stereocenters. The normalized spacial score (nSPS) is 52.0. The number of aliphatic hydroxyl groups is 3. The monoisotopic (exact) mass is 348 g/mol. The summed E-state index contributed by atoms with van der Waals surface area (Å²) >= 11 is 0. The number of Topliss-reactive ketones (excluding diaryl/α,β-unsaturated/α-hetero) is 1.